The van der Waals surface area contributed by atoms with Gasteiger partial charge in [-0.25, -0.2) is 0 Å². The molecule has 2 aliphatic rings. The molecule has 2 aliphatic carbocycles. The van der Waals surface area contributed by atoms with Crippen molar-refractivity contribution >= 4 is 23.9 Å². The maximum absolute atomic E-state index is 13.0. The fourth-order valence-electron chi connectivity index (χ4n) is 4.84. The standard InChI is InChI=1S/C28H34O8/c1-4-7-24(36-19(3)30)21-10-8-20(9-11-21)17-35-28(32)26-23-13-12-22(16-23)25(26)27(31)34-15-6-5-14-33-18(2)29/h4,8-13,22-26H,1,5-7,14-17H2,2-3H3/t22-,23+,24?,25?,26?/m1/s1. The Hall–Kier alpha value is -3.42. The van der Waals surface area contributed by atoms with Crippen LogP contribution in [0.25, 0.3) is 0 Å². The SMILES string of the molecule is C=CCC(OC(C)=O)c1ccc(COC(=O)C2C(C(=O)OCCCCOC(C)=O)[C@@H]3C=C[C@H]2C3)cc1. The highest BCUT2D eigenvalue weighted by Gasteiger charge is 2.53. The smallest absolute Gasteiger partial charge is 0.310 e. The van der Waals surface area contributed by atoms with E-state index in [-0.39, 0.29) is 43.0 Å². The van der Waals surface area contributed by atoms with Crippen LogP contribution in [0, 0.1) is 23.7 Å². The van der Waals surface area contributed by atoms with E-state index in [1.165, 1.54) is 13.8 Å². The largest absolute Gasteiger partial charge is 0.466 e. The van der Waals surface area contributed by atoms with Crippen LogP contribution in [0.15, 0.2) is 49.1 Å². The average molecular weight is 499 g/mol. The molecule has 2 bridgehead atoms. The Kier molecular flexibility index (Phi) is 9.85. The number of carbonyl (C=O) groups is 4. The van der Waals surface area contributed by atoms with Crippen LogP contribution in [0.4, 0.5) is 0 Å². The third-order valence-electron chi connectivity index (χ3n) is 6.51. The van der Waals surface area contributed by atoms with Crippen molar-refractivity contribution in [1.29, 1.82) is 0 Å². The third kappa shape index (κ3) is 7.29. The molecule has 0 saturated heterocycles. The minimum atomic E-state index is -0.561. The third-order valence-corrected chi connectivity index (χ3v) is 6.51. The van der Waals surface area contributed by atoms with Crippen LogP contribution in [0.2, 0.25) is 0 Å². The molecule has 1 aromatic rings. The van der Waals surface area contributed by atoms with Crippen LogP contribution in [-0.4, -0.2) is 37.1 Å². The molecule has 1 fully saturated rings. The fraction of sp³-hybridized carbons (Fsp3) is 0.500. The summed E-state index contributed by atoms with van der Waals surface area (Å²) in [5.41, 5.74) is 1.62. The van der Waals surface area contributed by atoms with E-state index in [0.29, 0.717) is 25.9 Å². The van der Waals surface area contributed by atoms with E-state index in [1.807, 2.05) is 36.4 Å². The predicted octanol–water partition coefficient (Wildman–Crippen LogP) is 4.23. The number of unbranched alkanes of at least 4 members (excludes halogenated alkanes) is 1. The zero-order chi connectivity index (χ0) is 26.1. The molecule has 0 spiro atoms. The van der Waals surface area contributed by atoms with Gasteiger partial charge in [0.15, 0.2) is 0 Å². The molecule has 0 aromatic heterocycles. The lowest BCUT2D eigenvalue weighted by molar-refractivity contribution is -0.162. The summed E-state index contributed by atoms with van der Waals surface area (Å²) in [6.45, 7) is 7.00. The molecule has 1 saturated carbocycles. The van der Waals surface area contributed by atoms with E-state index in [4.69, 9.17) is 18.9 Å². The maximum atomic E-state index is 13.0. The Bertz CT molecular complexity index is 980. The summed E-state index contributed by atoms with van der Waals surface area (Å²) >= 11 is 0. The van der Waals surface area contributed by atoms with Gasteiger partial charge in [0.2, 0.25) is 0 Å². The van der Waals surface area contributed by atoms with Gasteiger partial charge in [0.1, 0.15) is 12.7 Å². The lowest BCUT2D eigenvalue weighted by Gasteiger charge is -2.25. The summed E-state index contributed by atoms with van der Waals surface area (Å²) in [5, 5.41) is 0. The van der Waals surface area contributed by atoms with Gasteiger partial charge in [-0.3, -0.25) is 19.2 Å². The molecular formula is C28H34O8. The number of allylic oxidation sites excluding steroid dienone is 2. The predicted molar refractivity (Wildman–Crippen MR) is 130 cm³/mol. The van der Waals surface area contributed by atoms with E-state index in [0.717, 1.165) is 17.5 Å². The molecule has 0 radical (unpaired) electrons. The van der Waals surface area contributed by atoms with Crippen molar-refractivity contribution in [3.05, 3.63) is 60.2 Å². The number of ether oxygens (including phenoxy) is 4. The molecule has 8 nitrogen and oxygen atoms in total. The second-order valence-corrected chi connectivity index (χ2v) is 9.19. The molecule has 5 atom stereocenters. The van der Waals surface area contributed by atoms with Gasteiger partial charge in [-0.05, 0) is 42.2 Å². The monoisotopic (exact) mass is 498 g/mol. The molecule has 0 aliphatic heterocycles. The van der Waals surface area contributed by atoms with E-state index in [1.54, 1.807) is 6.08 Å². The van der Waals surface area contributed by atoms with Crippen molar-refractivity contribution in [1.82, 2.24) is 0 Å². The Morgan fingerprint density at radius 2 is 1.47 bits per heavy atom. The number of carbonyl (C=O) groups excluding carboxylic acids is 4. The topological polar surface area (TPSA) is 105 Å². The van der Waals surface area contributed by atoms with Crippen LogP contribution in [0.5, 0.6) is 0 Å². The first-order valence-corrected chi connectivity index (χ1v) is 12.3. The Morgan fingerprint density at radius 1 is 0.889 bits per heavy atom. The van der Waals surface area contributed by atoms with E-state index < -0.39 is 23.9 Å². The summed E-state index contributed by atoms with van der Waals surface area (Å²) in [4.78, 5) is 48.0. The first kappa shape index (κ1) is 27.2. The summed E-state index contributed by atoms with van der Waals surface area (Å²) in [5.74, 6) is -2.66. The Labute approximate surface area is 211 Å². The molecule has 0 heterocycles. The summed E-state index contributed by atoms with van der Waals surface area (Å²) in [6, 6.07) is 7.32. The molecule has 0 amide bonds. The number of benzene rings is 1. The zero-order valence-electron chi connectivity index (χ0n) is 20.9. The van der Waals surface area contributed by atoms with Gasteiger partial charge in [0.25, 0.3) is 0 Å². The minimum Gasteiger partial charge on any atom is -0.466 e. The molecule has 194 valence electrons. The van der Waals surface area contributed by atoms with Crippen molar-refractivity contribution < 1.29 is 38.1 Å². The molecule has 1 aromatic carbocycles. The number of esters is 4. The first-order chi connectivity index (χ1) is 17.3. The maximum Gasteiger partial charge on any atom is 0.310 e. The number of hydrogen-bond donors (Lipinski definition) is 0. The fourth-order valence-corrected chi connectivity index (χ4v) is 4.84. The van der Waals surface area contributed by atoms with Crippen molar-refractivity contribution in [3.8, 4) is 0 Å². The van der Waals surface area contributed by atoms with Crippen LogP contribution in [-0.2, 0) is 44.7 Å². The number of hydrogen-bond acceptors (Lipinski definition) is 8. The van der Waals surface area contributed by atoms with Gasteiger partial charge >= 0.3 is 23.9 Å². The van der Waals surface area contributed by atoms with Crippen molar-refractivity contribution in [2.24, 2.45) is 23.7 Å². The summed E-state index contributed by atoms with van der Waals surface area (Å²) in [7, 11) is 0. The van der Waals surface area contributed by atoms with Gasteiger partial charge < -0.3 is 18.9 Å². The minimum absolute atomic E-state index is 0.0246. The van der Waals surface area contributed by atoms with Crippen molar-refractivity contribution in [3.63, 3.8) is 0 Å². The lowest BCUT2D eigenvalue weighted by Crippen LogP contribution is -2.35. The first-order valence-electron chi connectivity index (χ1n) is 12.3. The molecular weight excluding hydrogens is 464 g/mol. The lowest BCUT2D eigenvalue weighted by atomic mass is 9.83. The Balaban J connectivity index is 1.52. The van der Waals surface area contributed by atoms with Crippen molar-refractivity contribution in [2.45, 2.75) is 52.2 Å². The molecule has 36 heavy (non-hydrogen) atoms. The molecule has 8 heteroatoms. The van der Waals surface area contributed by atoms with Crippen LogP contribution in [0.3, 0.4) is 0 Å². The highest BCUT2D eigenvalue weighted by Crippen LogP contribution is 2.49. The quantitative estimate of drug-likeness (QED) is 0.172. The van der Waals surface area contributed by atoms with Gasteiger partial charge in [0.05, 0.1) is 25.0 Å². The van der Waals surface area contributed by atoms with Crippen LogP contribution < -0.4 is 0 Å². The van der Waals surface area contributed by atoms with E-state index >= 15 is 0 Å². The van der Waals surface area contributed by atoms with Gasteiger partial charge in [-0.1, -0.05) is 42.5 Å². The summed E-state index contributed by atoms with van der Waals surface area (Å²) < 4.78 is 21.3. The number of rotatable bonds is 13. The van der Waals surface area contributed by atoms with E-state index in [2.05, 4.69) is 6.58 Å². The van der Waals surface area contributed by atoms with Crippen LogP contribution >= 0.6 is 0 Å². The molecule has 3 unspecified atom stereocenters. The van der Waals surface area contributed by atoms with E-state index in [9.17, 15) is 19.2 Å². The molecule has 3 rings (SSSR count). The van der Waals surface area contributed by atoms with Gasteiger partial charge in [0, 0.05) is 20.3 Å². The number of fused-ring (bicyclic) bond motifs is 2. The zero-order valence-corrected chi connectivity index (χ0v) is 20.9. The average Bonchev–Trinajstić information content (AvgIpc) is 3.46. The van der Waals surface area contributed by atoms with Crippen molar-refractivity contribution in [2.75, 3.05) is 13.2 Å². The Morgan fingerprint density at radius 3 is 2.03 bits per heavy atom. The summed E-state index contributed by atoms with van der Waals surface area (Å²) in [6.07, 6.45) is 7.67. The van der Waals surface area contributed by atoms with Gasteiger partial charge in [-0.15, -0.1) is 6.58 Å². The molecule has 0 N–H and O–H groups in total. The second-order valence-electron chi connectivity index (χ2n) is 9.19. The second kappa shape index (κ2) is 13.0. The highest BCUT2D eigenvalue weighted by atomic mass is 16.5. The normalized spacial score (nSPS) is 22.5. The van der Waals surface area contributed by atoms with Crippen LogP contribution in [0.1, 0.15) is 56.8 Å². The van der Waals surface area contributed by atoms with Gasteiger partial charge in [-0.2, -0.15) is 0 Å². The highest BCUT2D eigenvalue weighted by molar-refractivity contribution is 5.84.